The van der Waals surface area contributed by atoms with Gasteiger partial charge in [0.1, 0.15) is 12.4 Å². The first kappa shape index (κ1) is 22.7. The van der Waals surface area contributed by atoms with E-state index < -0.39 is 0 Å². The molecule has 1 aromatic carbocycles. The van der Waals surface area contributed by atoms with E-state index in [9.17, 15) is 0 Å². The lowest BCUT2D eigenvalue weighted by atomic mass is 10.2. The molecule has 1 N–H and O–H groups in total. The summed E-state index contributed by atoms with van der Waals surface area (Å²) < 4.78 is 12.3. The highest BCUT2D eigenvalue weighted by atomic mass is 127. The van der Waals surface area contributed by atoms with Gasteiger partial charge in [-0.25, -0.2) is 4.99 Å². The lowest BCUT2D eigenvalue weighted by Crippen LogP contribution is -2.46. The van der Waals surface area contributed by atoms with Crippen LogP contribution in [-0.4, -0.2) is 80.9 Å². The van der Waals surface area contributed by atoms with Crippen molar-refractivity contribution >= 4 is 45.9 Å². The average Bonchev–Trinajstić information content (AvgIpc) is 3.16. The minimum atomic E-state index is 0. The predicted molar refractivity (Wildman–Crippen MR) is 123 cm³/mol. The molecule has 1 aromatic rings. The van der Waals surface area contributed by atoms with Gasteiger partial charge in [-0.1, -0.05) is 15.9 Å². The van der Waals surface area contributed by atoms with E-state index in [1.54, 1.807) is 0 Å². The van der Waals surface area contributed by atoms with Crippen molar-refractivity contribution in [3.8, 4) is 5.75 Å². The van der Waals surface area contributed by atoms with E-state index in [2.05, 4.69) is 38.0 Å². The monoisotopic (exact) mass is 552 g/mol. The number of morpholine rings is 1. The molecular formula is C19H30BrIN4O2. The fourth-order valence-corrected chi connectivity index (χ4v) is 3.71. The average molecular weight is 553 g/mol. The number of aliphatic imine (C=N–C) groups is 1. The molecule has 0 radical (unpaired) electrons. The van der Waals surface area contributed by atoms with Crippen LogP contribution in [0.4, 0.5) is 0 Å². The van der Waals surface area contributed by atoms with Gasteiger partial charge < -0.3 is 19.7 Å². The summed E-state index contributed by atoms with van der Waals surface area (Å²) in [6, 6.07) is 8.51. The third kappa shape index (κ3) is 7.07. The molecule has 2 fully saturated rings. The van der Waals surface area contributed by atoms with Gasteiger partial charge in [-0.3, -0.25) is 4.90 Å². The molecule has 8 heteroatoms. The zero-order valence-electron chi connectivity index (χ0n) is 15.9. The summed E-state index contributed by atoms with van der Waals surface area (Å²) in [6.07, 6.45) is 1.19. The number of likely N-dealkylation sites (tertiary alicyclic amines) is 1. The first-order chi connectivity index (χ1) is 12.8. The number of guanidine groups is 1. The van der Waals surface area contributed by atoms with Crippen molar-refractivity contribution < 1.29 is 9.47 Å². The Kier molecular flexibility index (Phi) is 10.2. The predicted octanol–water partition coefficient (Wildman–Crippen LogP) is 2.82. The van der Waals surface area contributed by atoms with Crippen molar-refractivity contribution in [3.63, 3.8) is 0 Å². The molecule has 0 bridgehead atoms. The quantitative estimate of drug-likeness (QED) is 0.254. The number of hydrogen-bond donors (Lipinski definition) is 1. The third-order valence-electron chi connectivity index (χ3n) is 4.80. The normalized spacial score (nSPS) is 21.0. The summed E-state index contributed by atoms with van der Waals surface area (Å²) in [4.78, 5) is 9.70. The maximum Gasteiger partial charge on any atom is 0.194 e. The van der Waals surface area contributed by atoms with Crippen LogP contribution in [0.1, 0.15) is 13.3 Å². The molecule has 6 nitrogen and oxygen atoms in total. The number of nitrogens with zero attached hydrogens (tertiary/aromatic N) is 3. The van der Waals surface area contributed by atoms with Gasteiger partial charge in [-0.05, 0) is 37.6 Å². The highest BCUT2D eigenvalue weighted by molar-refractivity contribution is 14.0. The summed E-state index contributed by atoms with van der Waals surface area (Å²) in [6.45, 7) is 10.1. The van der Waals surface area contributed by atoms with E-state index in [0.717, 1.165) is 62.1 Å². The van der Waals surface area contributed by atoms with Gasteiger partial charge in [0.25, 0.3) is 0 Å². The first-order valence-corrected chi connectivity index (χ1v) is 10.3. The molecule has 2 aliphatic rings. The summed E-state index contributed by atoms with van der Waals surface area (Å²) in [5.74, 6) is 1.88. The van der Waals surface area contributed by atoms with E-state index in [4.69, 9.17) is 14.5 Å². The molecule has 2 saturated heterocycles. The number of nitrogens with one attached hydrogen (secondary N) is 1. The van der Waals surface area contributed by atoms with E-state index >= 15 is 0 Å². The number of benzene rings is 1. The minimum Gasteiger partial charge on any atom is -0.492 e. The lowest BCUT2D eigenvalue weighted by molar-refractivity contribution is 0.0195. The number of ether oxygens (including phenoxy) is 2. The Morgan fingerprint density at radius 3 is 2.70 bits per heavy atom. The van der Waals surface area contributed by atoms with Gasteiger partial charge in [0, 0.05) is 43.2 Å². The summed E-state index contributed by atoms with van der Waals surface area (Å²) in [5.41, 5.74) is 0. The standard InChI is InChI=1S/C19H29BrN4O2.HI/c1-2-21-19(22-8-12-26-18-5-3-16(20)4-6-18)24-9-7-17(15-24)23-10-13-25-14-11-23;/h3-6,17H,2,7-15H2,1H3,(H,21,22);1H. The zero-order valence-corrected chi connectivity index (χ0v) is 19.8. The van der Waals surface area contributed by atoms with Crippen LogP contribution in [-0.2, 0) is 4.74 Å². The Balaban J connectivity index is 0.00000261. The van der Waals surface area contributed by atoms with Crippen molar-refractivity contribution in [2.45, 2.75) is 19.4 Å². The van der Waals surface area contributed by atoms with Gasteiger partial charge in [0.05, 0.1) is 19.8 Å². The van der Waals surface area contributed by atoms with E-state index in [1.807, 2.05) is 24.3 Å². The van der Waals surface area contributed by atoms with Gasteiger partial charge in [0.15, 0.2) is 5.96 Å². The molecule has 0 saturated carbocycles. The van der Waals surface area contributed by atoms with Crippen LogP contribution in [0.25, 0.3) is 0 Å². The topological polar surface area (TPSA) is 49.3 Å². The van der Waals surface area contributed by atoms with Crippen LogP contribution >= 0.6 is 39.9 Å². The Morgan fingerprint density at radius 2 is 2.00 bits per heavy atom. The first-order valence-electron chi connectivity index (χ1n) is 9.49. The number of hydrogen-bond acceptors (Lipinski definition) is 4. The van der Waals surface area contributed by atoms with Crippen molar-refractivity contribution in [3.05, 3.63) is 28.7 Å². The SMILES string of the molecule is CCNC(=NCCOc1ccc(Br)cc1)N1CCC(N2CCOCC2)C1.I. The highest BCUT2D eigenvalue weighted by Crippen LogP contribution is 2.18. The van der Waals surface area contributed by atoms with Crippen molar-refractivity contribution in [1.29, 1.82) is 0 Å². The summed E-state index contributed by atoms with van der Waals surface area (Å²) in [5, 5.41) is 3.43. The number of rotatable bonds is 6. The fourth-order valence-electron chi connectivity index (χ4n) is 3.45. The van der Waals surface area contributed by atoms with Crippen LogP contribution in [0.3, 0.4) is 0 Å². The Bertz CT molecular complexity index is 582. The van der Waals surface area contributed by atoms with E-state index in [-0.39, 0.29) is 24.0 Å². The van der Waals surface area contributed by atoms with Gasteiger partial charge in [-0.15, -0.1) is 24.0 Å². The Labute approximate surface area is 187 Å². The molecule has 2 heterocycles. The molecule has 0 amide bonds. The molecule has 3 rings (SSSR count). The van der Waals surface area contributed by atoms with Crippen molar-refractivity contribution in [2.24, 2.45) is 4.99 Å². The smallest absolute Gasteiger partial charge is 0.194 e. The molecule has 0 aliphatic carbocycles. The summed E-state index contributed by atoms with van der Waals surface area (Å²) >= 11 is 3.43. The van der Waals surface area contributed by atoms with Crippen molar-refractivity contribution in [2.75, 3.05) is 59.1 Å². The van der Waals surface area contributed by atoms with Gasteiger partial charge in [-0.2, -0.15) is 0 Å². The Hall–Kier alpha value is -0.580. The van der Waals surface area contributed by atoms with Crippen LogP contribution in [0.5, 0.6) is 5.75 Å². The maximum absolute atomic E-state index is 5.77. The summed E-state index contributed by atoms with van der Waals surface area (Å²) in [7, 11) is 0. The Morgan fingerprint density at radius 1 is 1.26 bits per heavy atom. The lowest BCUT2D eigenvalue weighted by Gasteiger charge is -2.32. The van der Waals surface area contributed by atoms with Gasteiger partial charge >= 0.3 is 0 Å². The highest BCUT2D eigenvalue weighted by Gasteiger charge is 2.30. The van der Waals surface area contributed by atoms with Gasteiger partial charge in [0.2, 0.25) is 0 Å². The second-order valence-electron chi connectivity index (χ2n) is 6.57. The molecule has 0 spiro atoms. The molecule has 27 heavy (non-hydrogen) atoms. The molecular weight excluding hydrogens is 523 g/mol. The van der Waals surface area contributed by atoms with Crippen LogP contribution in [0, 0.1) is 0 Å². The zero-order chi connectivity index (χ0) is 18.2. The second-order valence-corrected chi connectivity index (χ2v) is 7.49. The molecule has 1 unspecified atom stereocenters. The largest absolute Gasteiger partial charge is 0.492 e. The van der Waals surface area contributed by atoms with Crippen molar-refractivity contribution in [1.82, 2.24) is 15.1 Å². The molecule has 1 atom stereocenters. The molecule has 152 valence electrons. The minimum absolute atomic E-state index is 0. The fraction of sp³-hybridized carbons (Fsp3) is 0.632. The van der Waals surface area contributed by atoms with E-state index in [0.29, 0.717) is 19.2 Å². The molecule has 0 aromatic heterocycles. The second kappa shape index (κ2) is 12.1. The van der Waals surface area contributed by atoms with Crippen LogP contribution < -0.4 is 10.1 Å². The van der Waals surface area contributed by atoms with E-state index in [1.165, 1.54) is 6.42 Å². The number of halogens is 2. The molecule has 2 aliphatic heterocycles. The van der Waals surface area contributed by atoms with Crippen LogP contribution in [0.15, 0.2) is 33.7 Å². The third-order valence-corrected chi connectivity index (χ3v) is 5.32. The van der Waals surface area contributed by atoms with Crippen LogP contribution in [0.2, 0.25) is 0 Å². The maximum atomic E-state index is 5.77.